The lowest BCUT2D eigenvalue weighted by atomic mass is 9.76. The molecule has 0 radical (unpaired) electrons. The summed E-state index contributed by atoms with van der Waals surface area (Å²) in [6.45, 7) is 0. The Kier molecular flexibility index (Phi) is 3.99. The molecule has 3 heteroatoms. The minimum atomic E-state index is 0.583. The zero-order valence-electron chi connectivity index (χ0n) is 10.4. The van der Waals surface area contributed by atoms with Gasteiger partial charge in [-0.3, -0.25) is 0 Å². The van der Waals surface area contributed by atoms with Crippen LogP contribution in [0, 0.1) is 3.57 Å². The van der Waals surface area contributed by atoms with E-state index in [0.29, 0.717) is 12.0 Å². The summed E-state index contributed by atoms with van der Waals surface area (Å²) in [6, 6.07) is 17.3. The van der Waals surface area contributed by atoms with Gasteiger partial charge >= 0.3 is 0 Å². The lowest BCUT2D eigenvalue weighted by molar-refractivity contribution is 0.374. The monoisotopic (exact) mass is 383 g/mol. The zero-order chi connectivity index (χ0) is 13.2. The van der Waals surface area contributed by atoms with Crippen LogP contribution in [0.1, 0.15) is 24.3 Å². The first kappa shape index (κ1) is 13.3. The first-order valence-electron chi connectivity index (χ1n) is 6.49. The molecule has 0 spiro atoms. The molecule has 19 heavy (non-hydrogen) atoms. The first-order valence-corrected chi connectivity index (χ1v) is 7.94. The van der Waals surface area contributed by atoms with Crippen LogP contribution in [-0.4, -0.2) is 6.04 Å². The fraction of sp³-hybridized carbons (Fsp3) is 0.250. The Morgan fingerprint density at radius 2 is 1.84 bits per heavy atom. The highest BCUT2D eigenvalue weighted by Gasteiger charge is 2.30. The minimum absolute atomic E-state index is 0.583. The van der Waals surface area contributed by atoms with Crippen LogP contribution in [-0.2, 0) is 0 Å². The second-order valence-electron chi connectivity index (χ2n) is 5.04. The van der Waals surface area contributed by atoms with Crippen LogP contribution in [0.15, 0.2) is 48.5 Å². The van der Waals surface area contributed by atoms with Crippen molar-refractivity contribution in [1.29, 1.82) is 0 Å². The van der Waals surface area contributed by atoms with Gasteiger partial charge in [0.15, 0.2) is 0 Å². The van der Waals surface area contributed by atoms with Crippen molar-refractivity contribution < 1.29 is 0 Å². The number of halogens is 2. The summed E-state index contributed by atoms with van der Waals surface area (Å²) in [5.74, 6) is 0.651. The van der Waals surface area contributed by atoms with E-state index in [1.165, 1.54) is 27.7 Å². The smallest absolute Gasteiger partial charge is 0.0478 e. The standard InChI is InChI=1S/C16H15ClIN/c17-13-5-3-4-11(8-13)12-9-14(10-12)19-16-7-2-1-6-15(16)18/h1-8,12,14,19H,9-10H2. The SMILES string of the molecule is Clc1cccc(C2CC(Nc3ccccc3I)C2)c1. The summed E-state index contributed by atoms with van der Waals surface area (Å²) in [4.78, 5) is 0. The number of hydrogen-bond donors (Lipinski definition) is 1. The molecule has 0 aliphatic heterocycles. The summed E-state index contributed by atoms with van der Waals surface area (Å²) in [7, 11) is 0. The molecule has 2 aromatic rings. The molecule has 1 nitrogen and oxygen atoms in total. The number of benzene rings is 2. The molecule has 1 aliphatic rings. The highest BCUT2D eigenvalue weighted by molar-refractivity contribution is 14.1. The molecule has 1 saturated carbocycles. The third kappa shape index (κ3) is 3.06. The quantitative estimate of drug-likeness (QED) is 0.709. The van der Waals surface area contributed by atoms with E-state index < -0.39 is 0 Å². The van der Waals surface area contributed by atoms with E-state index in [-0.39, 0.29) is 0 Å². The van der Waals surface area contributed by atoms with Crippen molar-refractivity contribution in [3.8, 4) is 0 Å². The van der Waals surface area contributed by atoms with Crippen LogP contribution in [0.4, 0.5) is 5.69 Å². The Balaban J connectivity index is 1.60. The van der Waals surface area contributed by atoms with Crippen molar-refractivity contribution in [2.75, 3.05) is 5.32 Å². The summed E-state index contributed by atoms with van der Waals surface area (Å²) in [5.41, 5.74) is 2.62. The van der Waals surface area contributed by atoms with E-state index in [1.54, 1.807) is 0 Å². The molecule has 0 saturated heterocycles. The van der Waals surface area contributed by atoms with Gasteiger partial charge in [-0.25, -0.2) is 0 Å². The molecular weight excluding hydrogens is 369 g/mol. The molecule has 3 rings (SSSR count). The predicted octanol–water partition coefficient (Wildman–Crippen LogP) is 5.30. The van der Waals surface area contributed by atoms with Crippen molar-refractivity contribution in [2.45, 2.75) is 24.8 Å². The van der Waals surface area contributed by atoms with Crippen LogP contribution in [0.2, 0.25) is 5.02 Å². The summed E-state index contributed by atoms with van der Waals surface area (Å²) >= 11 is 8.42. The van der Waals surface area contributed by atoms with Crippen LogP contribution in [0.3, 0.4) is 0 Å². The molecule has 1 aliphatic carbocycles. The Labute approximate surface area is 132 Å². The number of anilines is 1. The van der Waals surface area contributed by atoms with E-state index in [4.69, 9.17) is 11.6 Å². The van der Waals surface area contributed by atoms with Crippen LogP contribution in [0.25, 0.3) is 0 Å². The summed E-state index contributed by atoms with van der Waals surface area (Å²) < 4.78 is 1.28. The van der Waals surface area contributed by atoms with Crippen LogP contribution in [0.5, 0.6) is 0 Å². The maximum absolute atomic E-state index is 6.04. The average Bonchev–Trinajstić information content (AvgIpc) is 2.35. The van der Waals surface area contributed by atoms with Gasteiger partial charge in [0.2, 0.25) is 0 Å². The number of hydrogen-bond acceptors (Lipinski definition) is 1. The van der Waals surface area contributed by atoms with Gasteiger partial charge < -0.3 is 5.32 Å². The molecule has 98 valence electrons. The molecule has 0 aromatic heterocycles. The van der Waals surface area contributed by atoms with Crippen molar-refractivity contribution in [3.05, 3.63) is 62.7 Å². The Bertz CT molecular complexity index is 578. The van der Waals surface area contributed by atoms with Gasteiger partial charge in [0.1, 0.15) is 0 Å². The number of para-hydroxylation sites is 1. The van der Waals surface area contributed by atoms with Crippen molar-refractivity contribution in [2.24, 2.45) is 0 Å². The molecule has 0 atom stereocenters. The van der Waals surface area contributed by atoms with Gasteiger partial charge in [-0.1, -0.05) is 35.9 Å². The van der Waals surface area contributed by atoms with Gasteiger partial charge in [-0.2, -0.15) is 0 Å². The van der Waals surface area contributed by atoms with Crippen LogP contribution < -0.4 is 5.32 Å². The average molecular weight is 384 g/mol. The lowest BCUT2D eigenvalue weighted by Gasteiger charge is -2.37. The van der Waals surface area contributed by atoms with E-state index >= 15 is 0 Å². The number of nitrogens with one attached hydrogen (secondary N) is 1. The number of rotatable bonds is 3. The molecule has 1 fully saturated rings. The van der Waals surface area contributed by atoms with Gasteiger partial charge in [0.05, 0.1) is 0 Å². The summed E-state index contributed by atoms with van der Waals surface area (Å²) in [6.07, 6.45) is 2.37. The topological polar surface area (TPSA) is 12.0 Å². The van der Waals surface area contributed by atoms with Gasteiger partial charge in [0, 0.05) is 20.3 Å². The molecule has 0 heterocycles. The summed E-state index contributed by atoms with van der Waals surface area (Å²) in [5, 5.41) is 4.46. The van der Waals surface area contributed by atoms with E-state index in [2.05, 4.69) is 64.3 Å². The Morgan fingerprint density at radius 3 is 2.58 bits per heavy atom. The molecule has 0 unspecified atom stereocenters. The molecule has 1 N–H and O–H groups in total. The third-order valence-corrected chi connectivity index (χ3v) is 4.87. The van der Waals surface area contributed by atoms with Crippen LogP contribution >= 0.6 is 34.2 Å². The maximum atomic E-state index is 6.04. The normalized spacial score (nSPS) is 21.8. The highest BCUT2D eigenvalue weighted by atomic mass is 127. The molecule has 2 aromatic carbocycles. The zero-order valence-corrected chi connectivity index (χ0v) is 13.4. The maximum Gasteiger partial charge on any atom is 0.0478 e. The lowest BCUT2D eigenvalue weighted by Crippen LogP contribution is -2.34. The fourth-order valence-corrected chi connectivity index (χ4v) is 3.31. The van der Waals surface area contributed by atoms with E-state index in [0.717, 1.165) is 5.02 Å². The fourth-order valence-electron chi connectivity index (χ4n) is 2.57. The van der Waals surface area contributed by atoms with Crippen molar-refractivity contribution >= 4 is 39.9 Å². The van der Waals surface area contributed by atoms with Crippen molar-refractivity contribution in [3.63, 3.8) is 0 Å². The second kappa shape index (κ2) is 5.71. The molecule has 0 bridgehead atoms. The Hall–Kier alpha value is -0.740. The Morgan fingerprint density at radius 1 is 1.05 bits per heavy atom. The largest absolute Gasteiger partial charge is 0.381 e. The van der Waals surface area contributed by atoms with Gasteiger partial charge in [-0.05, 0) is 71.2 Å². The van der Waals surface area contributed by atoms with Gasteiger partial charge in [-0.15, -0.1) is 0 Å². The minimum Gasteiger partial charge on any atom is -0.381 e. The van der Waals surface area contributed by atoms with Gasteiger partial charge in [0.25, 0.3) is 0 Å². The molecule has 0 amide bonds. The van der Waals surface area contributed by atoms with E-state index in [9.17, 15) is 0 Å². The molecular formula is C16H15ClIN. The van der Waals surface area contributed by atoms with E-state index in [1.807, 2.05) is 12.1 Å². The first-order chi connectivity index (χ1) is 9.22. The third-order valence-electron chi connectivity index (χ3n) is 3.69. The predicted molar refractivity (Wildman–Crippen MR) is 90.0 cm³/mol. The van der Waals surface area contributed by atoms with Crippen molar-refractivity contribution in [1.82, 2.24) is 0 Å². The highest BCUT2D eigenvalue weighted by Crippen LogP contribution is 2.39. The second-order valence-corrected chi connectivity index (χ2v) is 6.64.